The Hall–Kier alpha value is 0.00870. The van der Waals surface area contributed by atoms with Crippen molar-refractivity contribution in [1.82, 2.24) is 9.13 Å². The molecule has 6 heteroatoms. The number of rotatable bonds is 10. The largest absolute Gasteiger partial charge is 0.373 e. The van der Waals surface area contributed by atoms with Crippen LogP contribution in [0.4, 0.5) is 0 Å². The predicted octanol–water partition coefficient (Wildman–Crippen LogP) is 6.70. The van der Waals surface area contributed by atoms with E-state index in [0.717, 1.165) is 39.5 Å². The van der Waals surface area contributed by atoms with Crippen LogP contribution in [0.3, 0.4) is 0 Å². The molecule has 4 rings (SSSR count). The van der Waals surface area contributed by atoms with Gasteiger partial charge in [0.15, 0.2) is 0 Å². The van der Waals surface area contributed by atoms with Gasteiger partial charge in [0, 0.05) is 22.0 Å². The van der Waals surface area contributed by atoms with Crippen molar-refractivity contribution < 1.29 is 9.47 Å². The molecule has 2 aliphatic heterocycles. The van der Waals surface area contributed by atoms with Crippen molar-refractivity contribution >= 4 is 44.5 Å². The first-order chi connectivity index (χ1) is 15.6. The van der Waals surface area contributed by atoms with Gasteiger partial charge in [0.1, 0.15) is 0 Å². The van der Waals surface area contributed by atoms with E-state index in [1.165, 1.54) is 53.5 Å². The second-order valence-corrected chi connectivity index (χ2v) is 23.9. The summed E-state index contributed by atoms with van der Waals surface area (Å²) in [5, 5.41) is 0. The van der Waals surface area contributed by atoms with Gasteiger partial charge in [-0.25, -0.2) is 0 Å². The van der Waals surface area contributed by atoms with Crippen molar-refractivity contribution in [1.29, 1.82) is 0 Å². The average Bonchev–Trinajstić information content (AvgIpc) is 3.42. The van der Waals surface area contributed by atoms with E-state index in [1.807, 2.05) is 3.58 Å². The number of hydrogen-bond donors (Lipinski definition) is 0. The van der Waals surface area contributed by atoms with Gasteiger partial charge in [0.05, 0.1) is 13.2 Å². The average molecular weight is 661 g/mol. The van der Waals surface area contributed by atoms with Gasteiger partial charge in [-0.1, -0.05) is 0 Å². The van der Waals surface area contributed by atoms with Crippen molar-refractivity contribution in [2.45, 2.75) is 98.9 Å². The molecule has 0 atom stereocenters. The standard InChI is InChI=1S/C7H8INO.C7H8NO.3C4H9.Sn/c8-6-3-7-5-10-2-1-9(7)4-6;1-2-7-6-9-5-4-8(7)3-1;3*1-3-4-2;/h3-4H,1-2,5H2;2-3H,4-6H2;3*1,3-4H2,2H3;. The van der Waals surface area contributed by atoms with E-state index in [4.69, 9.17) is 9.47 Å². The molecule has 0 spiro atoms. The summed E-state index contributed by atoms with van der Waals surface area (Å²) in [5.74, 6) is 0. The van der Waals surface area contributed by atoms with Crippen LogP contribution in [0, 0.1) is 3.57 Å². The van der Waals surface area contributed by atoms with Crippen LogP contribution in [0.1, 0.15) is 70.7 Å². The van der Waals surface area contributed by atoms with Gasteiger partial charge in [-0.15, -0.1) is 0 Å². The Morgan fingerprint density at radius 3 is 1.75 bits per heavy atom. The quantitative estimate of drug-likeness (QED) is 0.210. The molecule has 4 heterocycles. The van der Waals surface area contributed by atoms with E-state index in [-0.39, 0.29) is 0 Å². The van der Waals surface area contributed by atoms with Crippen LogP contribution >= 0.6 is 22.6 Å². The molecule has 4 nitrogen and oxygen atoms in total. The summed E-state index contributed by atoms with van der Waals surface area (Å²) in [6, 6.07) is 4.72. The summed E-state index contributed by atoms with van der Waals surface area (Å²) in [7, 11) is 0. The Labute approximate surface area is 213 Å². The number of aromatic nitrogens is 2. The smallest absolute Gasteiger partial charge is 0.0869 e. The molecule has 0 unspecified atom stereocenters. The second-order valence-electron chi connectivity index (χ2n) is 9.45. The first-order valence-electron chi connectivity index (χ1n) is 12.8. The maximum Gasteiger partial charge on any atom is 0.0869 e. The zero-order valence-electron chi connectivity index (χ0n) is 20.5. The molecule has 32 heavy (non-hydrogen) atoms. The fraction of sp³-hybridized carbons (Fsp3) is 0.692. The zero-order valence-corrected chi connectivity index (χ0v) is 25.5. The van der Waals surface area contributed by atoms with Gasteiger partial charge in [-0.2, -0.15) is 0 Å². The van der Waals surface area contributed by atoms with Crippen LogP contribution in [0.2, 0.25) is 13.3 Å². The van der Waals surface area contributed by atoms with Crippen LogP contribution in [0.25, 0.3) is 0 Å². The van der Waals surface area contributed by atoms with Gasteiger partial charge < -0.3 is 9.30 Å². The Kier molecular flexibility index (Phi) is 11.5. The Morgan fingerprint density at radius 2 is 1.28 bits per heavy atom. The van der Waals surface area contributed by atoms with Crippen LogP contribution in [-0.4, -0.2) is 40.7 Å². The molecule has 0 amide bonds. The molecule has 0 N–H and O–H groups in total. The maximum atomic E-state index is 5.67. The minimum Gasteiger partial charge on any atom is -0.373 e. The number of nitrogens with zero attached hydrogens (tertiary/aromatic N) is 2. The summed E-state index contributed by atoms with van der Waals surface area (Å²) < 4.78 is 23.5. The molecule has 0 radical (unpaired) electrons. The summed E-state index contributed by atoms with van der Waals surface area (Å²) in [6.45, 7) is 12.5. The van der Waals surface area contributed by atoms with Crippen molar-refractivity contribution in [2.75, 3.05) is 13.2 Å². The van der Waals surface area contributed by atoms with Crippen molar-refractivity contribution in [3.8, 4) is 0 Å². The van der Waals surface area contributed by atoms with Gasteiger partial charge in [0.2, 0.25) is 0 Å². The summed E-state index contributed by atoms with van der Waals surface area (Å²) in [5.41, 5.74) is 2.74. The van der Waals surface area contributed by atoms with E-state index >= 15 is 0 Å². The monoisotopic (exact) mass is 662 g/mol. The molecule has 2 aliphatic rings. The summed E-state index contributed by atoms with van der Waals surface area (Å²) in [4.78, 5) is 0. The molecule has 0 bridgehead atoms. The molecule has 0 fully saturated rings. The molecular formula is C26H43IN2O2Sn. The molecule has 2 aromatic rings. The number of unbranched alkanes of at least 4 members (excludes halogenated alkanes) is 3. The molecule has 0 aromatic carbocycles. The summed E-state index contributed by atoms with van der Waals surface area (Å²) in [6.07, 6.45) is 13.1. The number of halogens is 1. The van der Waals surface area contributed by atoms with Gasteiger partial charge in [0.25, 0.3) is 0 Å². The minimum atomic E-state index is -2.21. The van der Waals surface area contributed by atoms with E-state index in [0.29, 0.717) is 0 Å². The van der Waals surface area contributed by atoms with Gasteiger partial charge in [-0.3, -0.25) is 0 Å². The normalized spacial score (nSPS) is 15.6. The van der Waals surface area contributed by atoms with E-state index < -0.39 is 18.4 Å². The molecule has 2 aromatic heterocycles. The molecule has 0 saturated heterocycles. The molecular weight excluding hydrogens is 618 g/mol. The minimum absolute atomic E-state index is 0.781. The van der Waals surface area contributed by atoms with Crippen molar-refractivity contribution in [3.63, 3.8) is 0 Å². The third kappa shape index (κ3) is 7.25. The number of ether oxygens (including phenoxy) is 2. The second kappa shape index (κ2) is 13.8. The van der Waals surface area contributed by atoms with E-state index in [2.05, 4.69) is 77.0 Å². The third-order valence-corrected chi connectivity index (χ3v) is 23.1. The summed E-state index contributed by atoms with van der Waals surface area (Å²) >= 11 is 0.110. The third-order valence-electron chi connectivity index (χ3n) is 7.03. The fourth-order valence-electron chi connectivity index (χ4n) is 5.05. The number of hydrogen-bond acceptors (Lipinski definition) is 2. The van der Waals surface area contributed by atoms with Crippen molar-refractivity contribution in [3.05, 3.63) is 39.5 Å². The Bertz CT molecular complexity index is 748. The van der Waals surface area contributed by atoms with E-state index in [1.54, 1.807) is 13.3 Å². The fourth-order valence-corrected chi connectivity index (χ4v) is 21.8. The first kappa shape index (κ1) is 26.6. The SMILES string of the molecule is CCC[CH2][Sn]([CH2]CCC)([CH2]CCC)[c]1cc2n(c1)CCOC2.Ic1cc2n(c1)CCOC2. The maximum absolute atomic E-state index is 5.67. The zero-order chi connectivity index (χ0) is 22.8. The van der Waals surface area contributed by atoms with Crippen LogP contribution in [-0.2, 0) is 35.8 Å². The number of fused-ring (bicyclic) bond motifs is 2. The van der Waals surface area contributed by atoms with E-state index in [9.17, 15) is 0 Å². The van der Waals surface area contributed by atoms with Crippen molar-refractivity contribution in [2.24, 2.45) is 0 Å². The van der Waals surface area contributed by atoms with Gasteiger partial charge >= 0.3 is 142 Å². The van der Waals surface area contributed by atoms with Crippen LogP contribution in [0.5, 0.6) is 0 Å². The Balaban J connectivity index is 0.000000238. The topological polar surface area (TPSA) is 28.3 Å². The molecule has 0 aliphatic carbocycles. The Morgan fingerprint density at radius 1 is 0.781 bits per heavy atom. The van der Waals surface area contributed by atoms with Crippen LogP contribution in [0.15, 0.2) is 24.5 Å². The molecule has 0 saturated carbocycles. The van der Waals surface area contributed by atoms with Crippen LogP contribution < -0.4 is 3.58 Å². The van der Waals surface area contributed by atoms with Gasteiger partial charge in [-0.05, 0) is 28.7 Å². The predicted molar refractivity (Wildman–Crippen MR) is 145 cm³/mol. The first-order valence-corrected chi connectivity index (χ1v) is 21.4. The molecule has 180 valence electrons.